The van der Waals surface area contributed by atoms with Crippen LogP contribution in [0.2, 0.25) is 0 Å². The van der Waals surface area contributed by atoms with Crippen LogP contribution in [0.15, 0.2) is 60.9 Å². The van der Waals surface area contributed by atoms with Crippen molar-refractivity contribution < 1.29 is 14.3 Å². The number of nitrogens with one attached hydrogen (secondary N) is 2. The van der Waals surface area contributed by atoms with Crippen molar-refractivity contribution in [3.63, 3.8) is 0 Å². The Balaban J connectivity index is 1.81. The summed E-state index contributed by atoms with van der Waals surface area (Å²) in [6.07, 6.45) is 3.10. The molecule has 0 radical (unpaired) electrons. The molecule has 6 nitrogen and oxygen atoms in total. The molecule has 0 atom stereocenters. The normalized spacial score (nSPS) is 10.3. The number of benzene rings is 2. The fourth-order valence-electron chi connectivity index (χ4n) is 2.83. The largest absolute Gasteiger partial charge is 0.462 e. The number of pyridine rings is 1. The van der Waals surface area contributed by atoms with Gasteiger partial charge in [0.1, 0.15) is 0 Å². The van der Waals surface area contributed by atoms with Crippen LogP contribution in [0.3, 0.4) is 0 Å². The van der Waals surface area contributed by atoms with E-state index in [4.69, 9.17) is 4.74 Å². The molecular weight excluding hydrogens is 366 g/mol. The van der Waals surface area contributed by atoms with Crippen molar-refractivity contribution in [1.82, 2.24) is 4.98 Å². The van der Waals surface area contributed by atoms with Gasteiger partial charge in [-0.05, 0) is 56.2 Å². The minimum absolute atomic E-state index is 0.256. The number of carbonyl (C=O) groups excluding carboxylic acids is 2. The van der Waals surface area contributed by atoms with E-state index in [1.165, 1.54) is 6.20 Å². The van der Waals surface area contributed by atoms with E-state index in [2.05, 4.69) is 15.6 Å². The Bertz CT molecular complexity index is 1050. The van der Waals surface area contributed by atoms with Crippen LogP contribution in [-0.4, -0.2) is 23.5 Å². The van der Waals surface area contributed by atoms with Crippen molar-refractivity contribution in [3.05, 3.63) is 83.2 Å². The van der Waals surface area contributed by atoms with Gasteiger partial charge in [-0.15, -0.1) is 0 Å². The molecule has 6 heteroatoms. The average Bonchev–Trinajstić information content (AvgIpc) is 2.71. The summed E-state index contributed by atoms with van der Waals surface area (Å²) in [5.41, 5.74) is 4.81. The SMILES string of the molecule is CCOC(=O)c1ccccc1Nc1cncc(C(=O)Nc2cc(C)ccc2C)c1. The summed E-state index contributed by atoms with van der Waals surface area (Å²) in [5, 5.41) is 6.07. The summed E-state index contributed by atoms with van der Waals surface area (Å²) < 4.78 is 5.10. The van der Waals surface area contributed by atoms with Crippen LogP contribution < -0.4 is 10.6 Å². The minimum Gasteiger partial charge on any atom is -0.462 e. The summed E-state index contributed by atoms with van der Waals surface area (Å²) in [4.78, 5) is 29.0. The number of ether oxygens (including phenoxy) is 1. The number of nitrogens with zero attached hydrogens (tertiary/aromatic N) is 1. The van der Waals surface area contributed by atoms with Crippen LogP contribution in [0.4, 0.5) is 17.1 Å². The molecule has 2 aromatic carbocycles. The molecule has 0 bridgehead atoms. The molecule has 2 N–H and O–H groups in total. The lowest BCUT2D eigenvalue weighted by molar-refractivity contribution is 0.0527. The summed E-state index contributed by atoms with van der Waals surface area (Å²) >= 11 is 0. The first-order valence-electron chi connectivity index (χ1n) is 9.34. The molecule has 29 heavy (non-hydrogen) atoms. The molecule has 3 rings (SSSR count). The van der Waals surface area contributed by atoms with Crippen molar-refractivity contribution in [2.45, 2.75) is 20.8 Å². The van der Waals surface area contributed by atoms with Crippen molar-refractivity contribution >= 4 is 28.9 Å². The number of hydrogen-bond donors (Lipinski definition) is 2. The molecule has 1 aromatic heterocycles. The molecule has 0 spiro atoms. The maximum absolute atomic E-state index is 12.7. The summed E-state index contributed by atoms with van der Waals surface area (Å²) in [5.74, 6) is -0.666. The molecule has 3 aromatic rings. The van der Waals surface area contributed by atoms with E-state index in [-0.39, 0.29) is 5.91 Å². The third-order valence-corrected chi connectivity index (χ3v) is 4.34. The van der Waals surface area contributed by atoms with E-state index in [0.29, 0.717) is 29.1 Å². The maximum atomic E-state index is 12.7. The molecule has 0 saturated heterocycles. The van der Waals surface area contributed by atoms with Gasteiger partial charge in [-0.2, -0.15) is 0 Å². The number of hydrogen-bond acceptors (Lipinski definition) is 5. The Labute approximate surface area is 169 Å². The Morgan fingerprint density at radius 2 is 1.79 bits per heavy atom. The Morgan fingerprint density at radius 3 is 2.59 bits per heavy atom. The number of rotatable bonds is 6. The van der Waals surface area contributed by atoms with E-state index in [1.807, 2.05) is 38.1 Å². The number of esters is 1. The van der Waals surface area contributed by atoms with Crippen molar-refractivity contribution in [2.24, 2.45) is 0 Å². The van der Waals surface area contributed by atoms with Gasteiger partial charge in [0.15, 0.2) is 0 Å². The van der Waals surface area contributed by atoms with Gasteiger partial charge < -0.3 is 15.4 Å². The Hall–Kier alpha value is -3.67. The number of aromatic nitrogens is 1. The van der Waals surface area contributed by atoms with E-state index in [9.17, 15) is 9.59 Å². The van der Waals surface area contributed by atoms with E-state index < -0.39 is 5.97 Å². The van der Waals surface area contributed by atoms with Crippen molar-refractivity contribution in [2.75, 3.05) is 17.2 Å². The second-order valence-electron chi connectivity index (χ2n) is 6.63. The summed E-state index contributed by atoms with van der Waals surface area (Å²) in [6, 6.07) is 14.6. The zero-order chi connectivity index (χ0) is 20.8. The Morgan fingerprint density at radius 1 is 1.00 bits per heavy atom. The molecule has 0 fully saturated rings. The molecule has 0 aliphatic heterocycles. The number of para-hydroxylation sites is 1. The predicted octanol–water partition coefficient (Wildman–Crippen LogP) is 4.87. The van der Waals surface area contributed by atoms with Gasteiger partial charge in [-0.1, -0.05) is 24.3 Å². The highest BCUT2D eigenvalue weighted by Gasteiger charge is 2.13. The summed E-state index contributed by atoms with van der Waals surface area (Å²) in [7, 11) is 0. The molecule has 0 saturated carbocycles. The molecule has 0 unspecified atom stereocenters. The van der Waals surface area contributed by atoms with Crippen LogP contribution in [-0.2, 0) is 4.74 Å². The highest BCUT2D eigenvalue weighted by atomic mass is 16.5. The fourth-order valence-corrected chi connectivity index (χ4v) is 2.83. The first-order valence-corrected chi connectivity index (χ1v) is 9.34. The van der Waals surface area contributed by atoms with E-state index >= 15 is 0 Å². The summed E-state index contributed by atoms with van der Waals surface area (Å²) in [6.45, 7) is 5.97. The lowest BCUT2D eigenvalue weighted by atomic mass is 10.1. The van der Waals surface area contributed by atoms with Crippen LogP contribution >= 0.6 is 0 Å². The minimum atomic E-state index is -0.410. The number of carbonyl (C=O) groups is 2. The predicted molar refractivity (Wildman–Crippen MR) is 114 cm³/mol. The van der Waals surface area contributed by atoms with Gasteiger partial charge in [-0.3, -0.25) is 9.78 Å². The molecule has 0 aliphatic rings. The molecular formula is C23H23N3O3. The Kier molecular flexibility index (Phi) is 6.24. The monoisotopic (exact) mass is 389 g/mol. The van der Waals surface area contributed by atoms with Crippen molar-refractivity contribution in [3.8, 4) is 0 Å². The van der Waals surface area contributed by atoms with Crippen LogP contribution in [0.1, 0.15) is 38.8 Å². The molecule has 1 amide bonds. The smallest absolute Gasteiger partial charge is 0.340 e. The van der Waals surface area contributed by atoms with E-state index in [1.54, 1.807) is 37.4 Å². The highest BCUT2D eigenvalue weighted by Crippen LogP contribution is 2.23. The van der Waals surface area contributed by atoms with Gasteiger partial charge in [0, 0.05) is 11.9 Å². The van der Waals surface area contributed by atoms with Gasteiger partial charge in [0.2, 0.25) is 0 Å². The lowest BCUT2D eigenvalue weighted by Crippen LogP contribution is -2.13. The van der Waals surface area contributed by atoms with Gasteiger partial charge in [-0.25, -0.2) is 4.79 Å². The van der Waals surface area contributed by atoms with Gasteiger partial charge in [0.05, 0.1) is 35.3 Å². The van der Waals surface area contributed by atoms with Crippen LogP contribution in [0.25, 0.3) is 0 Å². The zero-order valence-electron chi connectivity index (χ0n) is 16.7. The van der Waals surface area contributed by atoms with E-state index in [0.717, 1.165) is 16.8 Å². The third kappa shape index (κ3) is 4.99. The average molecular weight is 389 g/mol. The molecule has 148 valence electrons. The lowest BCUT2D eigenvalue weighted by Gasteiger charge is -2.12. The molecule has 0 aliphatic carbocycles. The van der Waals surface area contributed by atoms with Crippen LogP contribution in [0.5, 0.6) is 0 Å². The second-order valence-corrected chi connectivity index (χ2v) is 6.63. The zero-order valence-corrected chi connectivity index (χ0v) is 16.7. The van der Waals surface area contributed by atoms with Crippen LogP contribution in [0, 0.1) is 13.8 Å². The fraction of sp³-hybridized carbons (Fsp3) is 0.174. The first-order chi connectivity index (χ1) is 14.0. The van der Waals surface area contributed by atoms with Crippen molar-refractivity contribution in [1.29, 1.82) is 0 Å². The first kappa shape index (κ1) is 20.1. The number of aryl methyl sites for hydroxylation is 2. The number of amides is 1. The topological polar surface area (TPSA) is 80.3 Å². The van der Waals surface area contributed by atoms with Gasteiger partial charge >= 0.3 is 5.97 Å². The number of anilines is 3. The molecule has 1 heterocycles. The third-order valence-electron chi connectivity index (χ3n) is 4.34. The maximum Gasteiger partial charge on any atom is 0.340 e. The quantitative estimate of drug-likeness (QED) is 0.588. The second kappa shape index (κ2) is 9.01. The van der Waals surface area contributed by atoms with Gasteiger partial charge in [0.25, 0.3) is 5.91 Å². The standard InChI is InChI=1S/C23H23N3O3/c1-4-29-23(28)19-7-5-6-8-20(19)25-18-12-17(13-24-14-18)22(27)26-21-11-15(2)9-10-16(21)3/h5-14,25H,4H2,1-3H3,(H,26,27). The highest BCUT2D eigenvalue weighted by molar-refractivity contribution is 6.05.